The third-order valence-electron chi connectivity index (χ3n) is 5.45. The molecule has 0 radical (unpaired) electrons. The highest BCUT2D eigenvalue weighted by Crippen LogP contribution is 2.25. The number of likely N-dealkylation sites (tertiary alicyclic amines) is 1. The average Bonchev–Trinajstić information content (AvgIpc) is 3.11. The van der Waals surface area contributed by atoms with Crippen molar-refractivity contribution in [1.29, 1.82) is 0 Å². The molecule has 0 N–H and O–H groups in total. The molecule has 0 bridgehead atoms. The van der Waals surface area contributed by atoms with Crippen LogP contribution in [0.3, 0.4) is 0 Å². The maximum absolute atomic E-state index is 11.8. The van der Waals surface area contributed by atoms with E-state index in [1.807, 2.05) is 55.5 Å². The van der Waals surface area contributed by atoms with Crippen molar-refractivity contribution in [2.45, 2.75) is 39.5 Å². The van der Waals surface area contributed by atoms with Crippen LogP contribution in [0.5, 0.6) is 5.75 Å². The van der Waals surface area contributed by atoms with Gasteiger partial charge < -0.3 is 13.9 Å². The molecule has 1 unspecified atom stereocenters. The Labute approximate surface area is 176 Å². The van der Waals surface area contributed by atoms with Crippen molar-refractivity contribution in [3.8, 4) is 17.2 Å². The summed E-state index contributed by atoms with van der Waals surface area (Å²) >= 11 is 0. The zero-order valence-electron chi connectivity index (χ0n) is 17.6. The molecule has 6 heteroatoms. The first-order chi connectivity index (χ1) is 14.5. The zero-order valence-corrected chi connectivity index (χ0v) is 17.6. The predicted octanol–water partition coefficient (Wildman–Crippen LogP) is 4.28. The minimum absolute atomic E-state index is 0.141. The molecule has 0 amide bonds. The molecule has 1 fully saturated rings. The van der Waals surface area contributed by atoms with Crippen molar-refractivity contribution in [2.24, 2.45) is 0 Å². The number of aryl methyl sites for hydroxylation is 2. The van der Waals surface area contributed by atoms with Crippen molar-refractivity contribution < 1.29 is 18.7 Å². The Morgan fingerprint density at radius 3 is 2.70 bits per heavy atom. The highest BCUT2D eigenvalue weighted by Gasteiger charge is 2.34. The van der Waals surface area contributed by atoms with E-state index in [2.05, 4.69) is 16.8 Å². The van der Waals surface area contributed by atoms with Gasteiger partial charge in [0.2, 0.25) is 5.89 Å². The van der Waals surface area contributed by atoms with Crippen LogP contribution in [0.15, 0.2) is 52.9 Å². The maximum atomic E-state index is 11.8. The van der Waals surface area contributed by atoms with Gasteiger partial charge in [0.25, 0.3) is 0 Å². The molecule has 2 aromatic carbocycles. The van der Waals surface area contributed by atoms with Gasteiger partial charge in [-0.25, -0.2) is 4.98 Å². The van der Waals surface area contributed by atoms with Gasteiger partial charge in [-0.15, -0.1) is 0 Å². The fraction of sp³-hybridized carbons (Fsp3) is 0.333. The van der Waals surface area contributed by atoms with Crippen molar-refractivity contribution in [1.82, 2.24) is 9.88 Å². The van der Waals surface area contributed by atoms with Crippen molar-refractivity contribution in [2.75, 3.05) is 13.7 Å². The molecular weight excluding hydrogens is 380 g/mol. The first-order valence-corrected chi connectivity index (χ1v) is 10.1. The first-order valence-electron chi connectivity index (χ1n) is 10.1. The van der Waals surface area contributed by atoms with Gasteiger partial charge in [-0.05, 0) is 50.1 Å². The lowest BCUT2D eigenvalue weighted by atomic mass is 10.0. The minimum atomic E-state index is -0.167. The molecule has 0 saturated carbocycles. The van der Waals surface area contributed by atoms with E-state index in [-0.39, 0.29) is 12.0 Å². The Morgan fingerprint density at radius 1 is 1.20 bits per heavy atom. The summed E-state index contributed by atoms with van der Waals surface area (Å²) in [4.78, 5) is 18.5. The van der Waals surface area contributed by atoms with E-state index in [0.717, 1.165) is 41.3 Å². The largest absolute Gasteiger partial charge is 0.487 e. The minimum Gasteiger partial charge on any atom is -0.487 e. The van der Waals surface area contributed by atoms with Gasteiger partial charge in [0.15, 0.2) is 0 Å². The average molecular weight is 406 g/mol. The summed E-state index contributed by atoms with van der Waals surface area (Å²) in [6.07, 6.45) is 0.845. The normalized spacial score (nSPS) is 16.2. The second kappa shape index (κ2) is 8.71. The monoisotopic (exact) mass is 406 g/mol. The van der Waals surface area contributed by atoms with Crippen LogP contribution in [-0.4, -0.2) is 35.5 Å². The Morgan fingerprint density at radius 2 is 2.00 bits per heavy atom. The number of carbonyl (C=O) groups excluding carboxylic acids is 1. The molecule has 30 heavy (non-hydrogen) atoms. The summed E-state index contributed by atoms with van der Waals surface area (Å²) in [6.45, 7) is 5.87. The maximum Gasteiger partial charge on any atom is 0.323 e. The highest BCUT2D eigenvalue weighted by atomic mass is 16.5. The zero-order chi connectivity index (χ0) is 21.1. The lowest BCUT2D eigenvalue weighted by Gasteiger charge is -2.38. The Bertz CT molecular complexity index is 1030. The highest BCUT2D eigenvalue weighted by molar-refractivity contribution is 5.76. The van der Waals surface area contributed by atoms with Crippen LogP contribution < -0.4 is 4.74 Å². The summed E-state index contributed by atoms with van der Waals surface area (Å²) in [6, 6.07) is 15.9. The Balaban J connectivity index is 1.39. The molecule has 3 aromatic rings. The number of benzene rings is 2. The number of methoxy groups -OCH3 is 1. The third kappa shape index (κ3) is 4.39. The summed E-state index contributed by atoms with van der Waals surface area (Å²) < 4.78 is 16.7. The summed E-state index contributed by atoms with van der Waals surface area (Å²) in [5.74, 6) is 1.95. The topological polar surface area (TPSA) is 64.8 Å². The molecule has 6 nitrogen and oxygen atoms in total. The lowest BCUT2D eigenvalue weighted by molar-refractivity contribution is -0.152. The van der Waals surface area contributed by atoms with Gasteiger partial charge in [-0.2, -0.15) is 0 Å². The number of ether oxygens (including phenoxy) is 2. The quantitative estimate of drug-likeness (QED) is 0.546. The van der Waals surface area contributed by atoms with Gasteiger partial charge in [0, 0.05) is 18.7 Å². The van der Waals surface area contributed by atoms with E-state index in [4.69, 9.17) is 13.9 Å². The third-order valence-corrected chi connectivity index (χ3v) is 5.45. The number of rotatable bonds is 7. The molecule has 1 aliphatic rings. The number of carbonyl (C=O) groups is 1. The number of oxazole rings is 1. The van der Waals surface area contributed by atoms with E-state index in [1.54, 1.807) is 0 Å². The molecule has 4 rings (SSSR count). The smallest absolute Gasteiger partial charge is 0.323 e. The van der Waals surface area contributed by atoms with E-state index in [9.17, 15) is 4.79 Å². The summed E-state index contributed by atoms with van der Waals surface area (Å²) in [5.41, 5.74) is 4.02. The number of esters is 1. The van der Waals surface area contributed by atoms with E-state index in [0.29, 0.717) is 19.0 Å². The molecule has 1 aliphatic heterocycles. The molecule has 156 valence electrons. The van der Waals surface area contributed by atoms with Gasteiger partial charge in [-0.1, -0.05) is 29.8 Å². The first kappa shape index (κ1) is 20.2. The molecule has 1 atom stereocenters. The fourth-order valence-corrected chi connectivity index (χ4v) is 3.53. The van der Waals surface area contributed by atoms with Crippen LogP contribution in [0.4, 0.5) is 0 Å². The Kier molecular flexibility index (Phi) is 5.86. The molecule has 0 spiro atoms. The van der Waals surface area contributed by atoms with Crippen molar-refractivity contribution >= 4 is 5.97 Å². The second-order valence-corrected chi connectivity index (χ2v) is 7.62. The second-order valence-electron chi connectivity index (χ2n) is 7.62. The number of hydrogen-bond acceptors (Lipinski definition) is 6. The van der Waals surface area contributed by atoms with Gasteiger partial charge in [-0.3, -0.25) is 9.69 Å². The van der Waals surface area contributed by atoms with Crippen LogP contribution in [0.1, 0.15) is 29.0 Å². The Hall–Kier alpha value is -3.12. The SMILES string of the molecule is COC(=O)C1CCN1Cc1cccc(OCc2nc(-c3ccc(C)cc3)oc2C)c1. The number of aromatic nitrogens is 1. The van der Waals surface area contributed by atoms with Crippen LogP contribution >= 0.6 is 0 Å². The van der Waals surface area contributed by atoms with Crippen LogP contribution in [0, 0.1) is 13.8 Å². The summed E-state index contributed by atoms with van der Waals surface area (Å²) in [5, 5.41) is 0. The van der Waals surface area contributed by atoms with Crippen LogP contribution in [0.25, 0.3) is 11.5 Å². The predicted molar refractivity (Wildman–Crippen MR) is 113 cm³/mol. The molecule has 0 aliphatic carbocycles. The van der Waals surface area contributed by atoms with Crippen molar-refractivity contribution in [3.63, 3.8) is 0 Å². The standard InChI is InChI=1S/C24H26N2O4/c1-16-7-9-19(10-8-16)23-25-21(17(2)30-23)15-29-20-6-4-5-18(13-20)14-26-12-11-22(26)24(27)28-3/h4-10,13,22H,11-12,14-15H2,1-3H3. The summed E-state index contributed by atoms with van der Waals surface area (Å²) in [7, 11) is 1.43. The fourth-order valence-electron chi connectivity index (χ4n) is 3.53. The molecule has 2 heterocycles. The lowest BCUT2D eigenvalue weighted by Crippen LogP contribution is -2.52. The number of nitrogens with zero attached hydrogens (tertiary/aromatic N) is 2. The molecular formula is C24H26N2O4. The van der Waals surface area contributed by atoms with Crippen LogP contribution in [-0.2, 0) is 22.7 Å². The van der Waals surface area contributed by atoms with Gasteiger partial charge >= 0.3 is 5.97 Å². The molecule has 1 saturated heterocycles. The van der Waals surface area contributed by atoms with E-state index >= 15 is 0 Å². The van der Waals surface area contributed by atoms with Crippen LogP contribution in [0.2, 0.25) is 0 Å². The van der Waals surface area contributed by atoms with Crippen molar-refractivity contribution in [3.05, 3.63) is 71.1 Å². The molecule has 1 aromatic heterocycles. The van der Waals surface area contributed by atoms with Gasteiger partial charge in [0.05, 0.1) is 7.11 Å². The van der Waals surface area contributed by atoms with E-state index < -0.39 is 0 Å². The van der Waals surface area contributed by atoms with E-state index in [1.165, 1.54) is 12.7 Å². The number of hydrogen-bond donors (Lipinski definition) is 0. The van der Waals surface area contributed by atoms with Gasteiger partial charge in [0.1, 0.15) is 29.9 Å².